The summed E-state index contributed by atoms with van der Waals surface area (Å²) >= 11 is 0. The molecule has 3 N–H and O–H groups in total. The van der Waals surface area contributed by atoms with Crippen molar-refractivity contribution in [3.05, 3.63) is 53.6 Å². The fourth-order valence-electron chi connectivity index (χ4n) is 3.72. The van der Waals surface area contributed by atoms with Crippen molar-refractivity contribution >= 4 is 29.9 Å². The van der Waals surface area contributed by atoms with Crippen molar-refractivity contribution in [1.29, 1.82) is 0 Å². The van der Waals surface area contributed by atoms with Crippen LogP contribution < -0.4 is 24.8 Å². The number of para-hydroxylation sites is 1. The van der Waals surface area contributed by atoms with E-state index in [1.54, 1.807) is 32.4 Å². The number of hydrogen-bond acceptors (Lipinski definition) is 5. The standard InChI is InChI=1S/C24H33N3O4.HI/c1-6-25-23(26-15-21(28)16-11-17(29-4)13-18(12-16)30-5)27-20-14-24(2,3)31-22-10-8-7-9-19(20)22;/h7-13,20-21,28H,6,14-15H2,1-5H3,(H2,25,26,27);1H. The van der Waals surface area contributed by atoms with Gasteiger partial charge in [-0.15, -0.1) is 24.0 Å². The molecule has 0 spiro atoms. The van der Waals surface area contributed by atoms with Crippen LogP contribution in [0.3, 0.4) is 0 Å². The number of benzene rings is 2. The predicted molar refractivity (Wildman–Crippen MR) is 138 cm³/mol. The van der Waals surface area contributed by atoms with Crippen LogP contribution in [0.4, 0.5) is 0 Å². The summed E-state index contributed by atoms with van der Waals surface area (Å²) in [6, 6.07) is 13.5. The second-order valence-corrected chi connectivity index (χ2v) is 8.18. The van der Waals surface area contributed by atoms with E-state index in [2.05, 4.69) is 35.5 Å². The molecule has 32 heavy (non-hydrogen) atoms. The topological polar surface area (TPSA) is 84.3 Å². The normalized spacial score (nSPS) is 17.8. The highest BCUT2D eigenvalue weighted by atomic mass is 127. The zero-order valence-electron chi connectivity index (χ0n) is 19.3. The van der Waals surface area contributed by atoms with E-state index >= 15 is 0 Å². The van der Waals surface area contributed by atoms with Crippen LogP contribution in [0.25, 0.3) is 0 Å². The molecule has 7 nitrogen and oxygen atoms in total. The van der Waals surface area contributed by atoms with Crippen molar-refractivity contribution in [2.75, 3.05) is 27.3 Å². The number of hydrogen-bond donors (Lipinski definition) is 3. The highest BCUT2D eigenvalue weighted by Crippen LogP contribution is 2.39. The molecule has 0 bridgehead atoms. The van der Waals surface area contributed by atoms with Gasteiger partial charge < -0.3 is 30.0 Å². The summed E-state index contributed by atoms with van der Waals surface area (Å²) in [6.45, 7) is 7.09. The molecule has 0 saturated heterocycles. The fourth-order valence-corrected chi connectivity index (χ4v) is 3.72. The third-order valence-electron chi connectivity index (χ3n) is 5.21. The van der Waals surface area contributed by atoms with Crippen molar-refractivity contribution in [1.82, 2.24) is 10.6 Å². The average molecular weight is 555 g/mol. The lowest BCUT2D eigenvalue weighted by molar-refractivity contribution is 0.0693. The summed E-state index contributed by atoms with van der Waals surface area (Å²) < 4.78 is 16.7. The summed E-state index contributed by atoms with van der Waals surface area (Å²) in [5, 5.41) is 17.5. The molecule has 2 unspecified atom stereocenters. The highest BCUT2D eigenvalue weighted by Gasteiger charge is 2.34. The maximum atomic E-state index is 10.7. The molecular formula is C24H34IN3O4. The van der Waals surface area contributed by atoms with Gasteiger partial charge in [0, 0.05) is 24.6 Å². The van der Waals surface area contributed by atoms with E-state index in [9.17, 15) is 5.11 Å². The van der Waals surface area contributed by atoms with Crippen LogP contribution in [0.2, 0.25) is 0 Å². The van der Waals surface area contributed by atoms with E-state index in [0.29, 0.717) is 29.6 Å². The number of methoxy groups -OCH3 is 2. The summed E-state index contributed by atoms with van der Waals surface area (Å²) in [6.07, 6.45) is 0.00206. The minimum absolute atomic E-state index is 0. The molecule has 176 valence electrons. The summed E-state index contributed by atoms with van der Waals surface area (Å²) in [4.78, 5) is 4.64. The summed E-state index contributed by atoms with van der Waals surface area (Å²) in [5.41, 5.74) is 1.50. The largest absolute Gasteiger partial charge is 0.497 e. The van der Waals surface area contributed by atoms with Gasteiger partial charge in [-0.3, -0.25) is 4.99 Å². The Morgan fingerprint density at radius 2 is 1.84 bits per heavy atom. The SMILES string of the molecule is CCNC(=NCC(O)c1cc(OC)cc(OC)c1)NC1CC(C)(C)Oc2ccccc21.I. The molecule has 8 heteroatoms. The van der Waals surface area contributed by atoms with E-state index in [1.807, 2.05) is 25.1 Å². The van der Waals surface area contributed by atoms with Gasteiger partial charge in [0.05, 0.1) is 32.9 Å². The average Bonchev–Trinajstić information content (AvgIpc) is 2.76. The molecule has 0 radical (unpaired) electrons. The Labute approximate surface area is 207 Å². The van der Waals surface area contributed by atoms with Gasteiger partial charge in [0.2, 0.25) is 0 Å². The Balaban J connectivity index is 0.00000363. The smallest absolute Gasteiger partial charge is 0.191 e. The summed E-state index contributed by atoms with van der Waals surface area (Å²) in [7, 11) is 3.17. The molecule has 0 amide bonds. The Morgan fingerprint density at radius 3 is 2.47 bits per heavy atom. The minimum atomic E-state index is -0.794. The van der Waals surface area contributed by atoms with Crippen molar-refractivity contribution in [3.8, 4) is 17.2 Å². The molecular weight excluding hydrogens is 521 g/mol. The minimum Gasteiger partial charge on any atom is -0.497 e. The van der Waals surface area contributed by atoms with Crippen molar-refractivity contribution in [3.63, 3.8) is 0 Å². The van der Waals surface area contributed by atoms with E-state index in [1.165, 1.54) is 0 Å². The first-order valence-electron chi connectivity index (χ1n) is 10.6. The summed E-state index contributed by atoms with van der Waals surface area (Å²) in [5.74, 6) is 2.79. The highest BCUT2D eigenvalue weighted by molar-refractivity contribution is 14.0. The lowest BCUT2D eigenvalue weighted by Gasteiger charge is -2.38. The molecule has 0 fully saturated rings. The maximum Gasteiger partial charge on any atom is 0.191 e. The molecule has 0 saturated carbocycles. The number of aliphatic hydroxyl groups excluding tert-OH is 1. The number of nitrogens with zero attached hydrogens (tertiary/aromatic N) is 1. The third-order valence-corrected chi connectivity index (χ3v) is 5.21. The quantitative estimate of drug-likeness (QED) is 0.270. The van der Waals surface area contributed by atoms with E-state index in [4.69, 9.17) is 14.2 Å². The molecule has 2 atom stereocenters. The third kappa shape index (κ3) is 6.65. The molecule has 0 aromatic heterocycles. The van der Waals surface area contributed by atoms with Gasteiger partial charge in [0.25, 0.3) is 0 Å². The van der Waals surface area contributed by atoms with E-state index in [-0.39, 0.29) is 42.2 Å². The Kier molecular flexibility index (Phi) is 9.45. The first-order chi connectivity index (χ1) is 14.8. The van der Waals surface area contributed by atoms with Gasteiger partial charge in [-0.2, -0.15) is 0 Å². The molecule has 0 aliphatic carbocycles. The molecule has 2 aromatic carbocycles. The molecule has 1 heterocycles. The van der Waals surface area contributed by atoms with Crippen LogP contribution in [0, 0.1) is 0 Å². The van der Waals surface area contributed by atoms with Crippen molar-refractivity contribution < 1.29 is 19.3 Å². The van der Waals surface area contributed by atoms with Crippen molar-refractivity contribution in [2.24, 2.45) is 4.99 Å². The van der Waals surface area contributed by atoms with Crippen LogP contribution in [0.1, 0.15) is 50.5 Å². The number of halogens is 1. The number of rotatable bonds is 7. The first-order valence-corrected chi connectivity index (χ1v) is 10.6. The molecule has 2 aromatic rings. The lowest BCUT2D eigenvalue weighted by atomic mass is 9.90. The van der Waals surface area contributed by atoms with Crippen LogP contribution in [-0.2, 0) is 0 Å². The molecule has 3 rings (SSSR count). The maximum absolute atomic E-state index is 10.7. The van der Waals surface area contributed by atoms with Crippen LogP contribution in [-0.4, -0.2) is 44.0 Å². The van der Waals surface area contributed by atoms with Gasteiger partial charge >= 0.3 is 0 Å². The zero-order chi connectivity index (χ0) is 22.4. The second kappa shape index (κ2) is 11.6. The molecule has 1 aliphatic heterocycles. The number of aliphatic imine (C=N–C) groups is 1. The number of nitrogens with one attached hydrogen (secondary N) is 2. The monoisotopic (exact) mass is 555 g/mol. The van der Waals surface area contributed by atoms with Gasteiger partial charge in [0.1, 0.15) is 22.8 Å². The number of aliphatic hydroxyl groups is 1. The predicted octanol–water partition coefficient (Wildman–Crippen LogP) is 4.21. The van der Waals surface area contributed by atoms with Gasteiger partial charge in [-0.25, -0.2) is 0 Å². The van der Waals surface area contributed by atoms with E-state index in [0.717, 1.165) is 17.7 Å². The number of ether oxygens (including phenoxy) is 3. The first kappa shape index (κ1) is 26.1. The molecule has 1 aliphatic rings. The van der Waals surface area contributed by atoms with Gasteiger partial charge in [-0.05, 0) is 44.5 Å². The van der Waals surface area contributed by atoms with Crippen molar-refractivity contribution in [2.45, 2.75) is 44.9 Å². The van der Waals surface area contributed by atoms with Crippen LogP contribution in [0.15, 0.2) is 47.5 Å². The van der Waals surface area contributed by atoms with Gasteiger partial charge in [0.15, 0.2) is 5.96 Å². The van der Waals surface area contributed by atoms with E-state index < -0.39 is 6.10 Å². The fraction of sp³-hybridized carbons (Fsp3) is 0.458. The van der Waals surface area contributed by atoms with Crippen LogP contribution in [0.5, 0.6) is 17.2 Å². The van der Waals surface area contributed by atoms with Crippen LogP contribution >= 0.6 is 24.0 Å². The second-order valence-electron chi connectivity index (χ2n) is 8.18. The Hall–Kier alpha value is -2.20. The zero-order valence-corrected chi connectivity index (χ0v) is 21.7. The Morgan fingerprint density at radius 1 is 1.19 bits per heavy atom. The van der Waals surface area contributed by atoms with Gasteiger partial charge in [-0.1, -0.05) is 18.2 Å². The lowest BCUT2D eigenvalue weighted by Crippen LogP contribution is -2.45. The number of fused-ring (bicyclic) bond motifs is 1. The Bertz CT molecular complexity index is 898. The number of guanidine groups is 1.